The van der Waals surface area contributed by atoms with Crippen LogP contribution < -0.4 is 4.90 Å². The van der Waals surface area contributed by atoms with Gasteiger partial charge < -0.3 is 24.5 Å². The van der Waals surface area contributed by atoms with E-state index >= 15 is 0 Å². The number of carbonyl (C=O) groups excluding carboxylic acids is 3. The third-order valence-electron chi connectivity index (χ3n) is 8.38. The van der Waals surface area contributed by atoms with Crippen molar-refractivity contribution in [3.63, 3.8) is 0 Å². The number of hydrogen-bond donors (Lipinski definition) is 1. The van der Waals surface area contributed by atoms with E-state index in [1.165, 1.54) is 0 Å². The molecule has 1 aromatic rings. The number of halogens is 1. The van der Waals surface area contributed by atoms with Crippen LogP contribution in [0, 0.1) is 25.7 Å². The van der Waals surface area contributed by atoms with E-state index in [9.17, 15) is 19.5 Å². The molecule has 1 N–H and O–H groups in total. The summed E-state index contributed by atoms with van der Waals surface area (Å²) in [6, 6.07) is 5.09. The van der Waals surface area contributed by atoms with E-state index < -0.39 is 29.6 Å². The number of likely N-dealkylation sites (tertiary alicyclic amines) is 1. The molecule has 1 spiro atoms. The molecule has 0 aromatic heterocycles. The molecule has 212 valence electrons. The van der Waals surface area contributed by atoms with Gasteiger partial charge >= 0.3 is 0 Å². The monoisotopic (exact) mass is 601 g/mol. The highest BCUT2D eigenvalue weighted by molar-refractivity contribution is 9.09. The lowest BCUT2D eigenvalue weighted by atomic mass is 9.70. The molecule has 3 aliphatic rings. The number of aliphatic hydroxyl groups is 1. The molecule has 3 saturated heterocycles. The van der Waals surface area contributed by atoms with E-state index in [2.05, 4.69) is 29.1 Å². The minimum atomic E-state index is -1.11. The van der Waals surface area contributed by atoms with Crippen molar-refractivity contribution in [2.45, 2.75) is 62.1 Å². The number of anilines is 1. The first-order chi connectivity index (χ1) is 18.6. The molecule has 1 aromatic carbocycles. The molecule has 0 aliphatic carbocycles. The minimum absolute atomic E-state index is 0.0743. The lowest BCUT2D eigenvalue weighted by Crippen LogP contribution is -2.57. The van der Waals surface area contributed by atoms with Gasteiger partial charge in [-0.2, -0.15) is 0 Å². The predicted octanol–water partition coefficient (Wildman–Crippen LogP) is 3.38. The fourth-order valence-corrected chi connectivity index (χ4v) is 7.58. The maximum absolute atomic E-state index is 14.6. The van der Waals surface area contributed by atoms with E-state index in [4.69, 9.17) is 4.74 Å². The van der Waals surface area contributed by atoms with Crippen LogP contribution in [0.4, 0.5) is 5.69 Å². The molecule has 3 heterocycles. The van der Waals surface area contributed by atoms with Crippen molar-refractivity contribution >= 4 is 39.3 Å². The number of ether oxygens (including phenoxy) is 1. The topological polar surface area (TPSA) is 90.4 Å². The van der Waals surface area contributed by atoms with Gasteiger partial charge in [0.05, 0.1) is 17.9 Å². The smallest absolute Gasteiger partial charge is 0.253 e. The van der Waals surface area contributed by atoms with E-state index in [1.54, 1.807) is 33.9 Å². The second kappa shape index (κ2) is 11.9. The van der Waals surface area contributed by atoms with Crippen LogP contribution in [-0.4, -0.2) is 88.5 Å². The van der Waals surface area contributed by atoms with Crippen molar-refractivity contribution in [1.29, 1.82) is 0 Å². The van der Waals surface area contributed by atoms with Crippen LogP contribution in [0.2, 0.25) is 0 Å². The highest BCUT2D eigenvalue weighted by atomic mass is 79.9. The number of benzene rings is 1. The molecule has 3 fully saturated rings. The summed E-state index contributed by atoms with van der Waals surface area (Å²) in [6.45, 7) is 12.6. The first kappa shape index (κ1) is 29.5. The zero-order valence-electron chi connectivity index (χ0n) is 23.1. The lowest BCUT2D eigenvalue weighted by Gasteiger charge is -2.37. The molecule has 3 unspecified atom stereocenters. The summed E-state index contributed by atoms with van der Waals surface area (Å²) in [5, 5.41) is 9.27. The Morgan fingerprint density at radius 1 is 1.18 bits per heavy atom. The van der Waals surface area contributed by atoms with Crippen molar-refractivity contribution in [2.75, 3.05) is 38.2 Å². The molecule has 39 heavy (non-hydrogen) atoms. The van der Waals surface area contributed by atoms with Gasteiger partial charge in [0.25, 0.3) is 5.91 Å². The number of aryl methyl sites for hydroxylation is 2. The van der Waals surface area contributed by atoms with Crippen LogP contribution in [-0.2, 0) is 19.1 Å². The zero-order valence-corrected chi connectivity index (χ0v) is 24.7. The number of likely N-dealkylation sites (N-methyl/N-ethyl adjacent to an activating group) is 1. The Bertz CT molecular complexity index is 1140. The molecule has 9 heteroatoms. The summed E-state index contributed by atoms with van der Waals surface area (Å²) >= 11 is 3.73. The van der Waals surface area contributed by atoms with Crippen molar-refractivity contribution in [3.05, 3.63) is 54.6 Å². The Morgan fingerprint density at radius 3 is 2.56 bits per heavy atom. The maximum Gasteiger partial charge on any atom is 0.253 e. The second-order valence-electron chi connectivity index (χ2n) is 11.0. The fraction of sp³-hybridized carbons (Fsp3) is 0.567. The van der Waals surface area contributed by atoms with Gasteiger partial charge in [0.2, 0.25) is 11.8 Å². The lowest BCUT2D eigenvalue weighted by molar-refractivity contribution is -0.144. The fourth-order valence-electron chi connectivity index (χ4n) is 6.63. The Balaban J connectivity index is 1.79. The highest BCUT2D eigenvalue weighted by Crippen LogP contribution is 2.60. The number of fused-ring (bicyclic) bond motifs is 1. The third-order valence-corrected chi connectivity index (χ3v) is 9.22. The summed E-state index contributed by atoms with van der Waals surface area (Å²) in [6.07, 6.45) is 5.28. The normalized spacial score (nSPS) is 28.9. The molecular weight excluding hydrogens is 562 g/mol. The highest BCUT2D eigenvalue weighted by Gasteiger charge is 2.76. The first-order valence-corrected chi connectivity index (χ1v) is 14.6. The Labute approximate surface area is 239 Å². The minimum Gasteiger partial charge on any atom is -0.396 e. The molecular formula is C30H40BrN3O5. The summed E-state index contributed by atoms with van der Waals surface area (Å²) in [5.41, 5.74) is 1.62. The summed E-state index contributed by atoms with van der Waals surface area (Å²) in [5.74, 6) is -2.03. The molecule has 4 rings (SSSR count). The van der Waals surface area contributed by atoms with Crippen LogP contribution in [0.5, 0.6) is 0 Å². The van der Waals surface area contributed by atoms with Gasteiger partial charge in [-0.15, -0.1) is 13.2 Å². The van der Waals surface area contributed by atoms with Gasteiger partial charge in [-0.3, -0.25) is 14.4 Å². The maximum atomic E-state index is 14.6. The van der Waals surface area contributed by atoms with Gasteiger partial charge in [-0.05, 0) is 56.7 Å². The zero-order chi connectivity index (χ0) is 28.5. The molecule has 0 saturated carbocycles. The number of amides is 3. The molecule has 8 nitrogen and oxygen atoms in total. The van der Waals surface area contributed by atoms with Gasteiger partial charge in [0.1, 0.15) is 11.6 Å². The Morgan fingerprint density at radius 2 is 1.90 bits per heavy atom. The largest absolute Gasteiger partial charge is 0.396 e. The average Bonchev–Trinajstić information content (AvgIpc) is 3.49. The Hall–Kier alpha value is -2.49. The van der Waals surface area contributed by atoms with Gasteiger partial charge in [-0.25, -0.2) is 0 Å². The predicted molar refractivity (Wildman–Crippen MR) is 155 cm³/mol. The number of nitrogens with zero attached hydrogens (tertiary/aromatic N) is 3. The number of aliphatic hydroxyl groups excluding tert-OH is 1. The van der Waals surface area contributed by atoms with E-state index in [1.807, 2.05) is 32.0 Å². The van der Waals surface area contributed by atoms with Crippen molar-refractivity contribution in [2.24, 2.45) is 11.8 Å². The summed E-state index contributed by atoms with van der Waals surface area (Å²) in [4.78, 5) is 47.2. The van der Waals surface area contributed by atoms with Gasteiger partial charge in [-0.1, -0.05) is 40.2 Å². The third kappa shape index (κ3) is 5.09. The van der Waals surface area contributed by atoms with Crippen LogP contribution >= 0.6 is 15.9 Å². The van der Waals surface area contributed by atoms with Crippen LogP contribution in [0.15, 0.2) is 43.5 Å². The molecule has 2 bridgehead atoms. The number of hydrogen-bond acceptors (Lipinski definition) is 5. The summed E-state index contributed by atoms with van der Waals surface area (Å²) in [7, 11) is 1.70. The molecule has 6 atom stereocenters. The molecule has 3 aliphatic heterocycles. The quantitative estimate of drug-likeness (QED) is 0.225. The van der Waals surface area contributed by atoms with E-state index in [-0.39, 0.29) is 35.7 Å². The van der Waals surface area contributed by atoms with E-state index in [0.29, 0.717) is 32.4 Å². The SMILES string of the molecule is C=CCN(C)C(=O)[C@H]1[C@@H]2OC3(CC2Br)C(C(=O)N(CC=C)c2cc(C)ccc2C)N(CCCCCO)C(=O)[C@H]13. The molecule has 0 radical (unpaired) electrons. The number of alkyl halides is 1. The van der Waals surface area contributed by atoms with Crippen molar-refractivity contribution in [3.8, 4) is 0 Å². The molecule has 3 amide bonds. The van der Waals surface area contributed by atoms with Crippen molar-refractivity contribution < 1.29 is 24.2 Å². The van der Waals surface area contributed by atoms with E-state index in [0.717, 1.165) is 23.2 Å². The number of carbonyl (C=O) groups is 3. The standard InChI is InChI=1S/C30H40BrN3O5/c1-6-13-32(5)27(36)23-24-28(37)34(15-9-8-10-16-35)26(30(24)18-21(31)25(23)39-30)29(38)33(14-7-2)22-17-19(3)11-12-20(22)4/h6-7,11-12,17,21,23-26,35H,1-2,8-10,13-16,18H2,3-5H3/t21?,23-,24+,25-,26?,30?/m1/s1. The van der Waals surface area contributed by atoms with Crippen molar-refractivity contribution in [1.82, 2.24) is 9.80 Å². The second-order valence-corrected chi connectivity index (χ2v) is 12.2. The summed E-state index contributed by atoms with van der Waals surface area (Å²) < 4.78 is 6.64. The number of rotatable bonds is 12. The van der Waals surface area contributed by atoms with Crippen LogP contribution in [0.3, 0.4) is 0 Å². The number of unbranched alkanes of at least 4 members (excludes halogenated alkanes) is 2. The van der Waals surface area contributed by atoms with Gasteiger partial charge in [0.15, 0.2) is 0 Å². The van der Waals surface area contributed by atoms with Gasteiger partial charge in [0, 0.05) is 43.8 Å². The first-order valence-electron chi connectivity index (χ1n) is 13.7. The Kier molecular flexibility index (Phi) is 9.03. The average molecular weight is 603 g/mol. The van der Waals surface area contributed by atoms with Crippen LogP contribution in [0.25, 0.3) is 0 Å². The van der Waals surface area contributed by atoms with Crippen LogP contribution in [0.1, 0.15) is 36.8 Å².